The van der Waals surface area contributed by atoms with Crippen LogP contribution in [-0.4, -0.2) is 44.2 Å². The van der Waals surface area contributed by atoms with Crippen LogP contribution in [0.3, 0.4) is 0 Å². The fourth-order valence-electron chi connectivity index (χ4n) is 5.35. The first-order valence-corrected chi connectivity index (χ1v) is 13.6. The van der Waals surface area contributed by atoms with E-state index < -0.39 is 5.60 Å². The third kappa shape index (κ3) is 5.02. The molecule has 2 aromatic heterocycles. The number of nitrogens with two attached hydrogens (primary N) is 1. The number of likely N-dealkylation sites (tertiary alicyclic amines) is 1. The van der Waals surface area contributed by atoms with Gasteiger partial charge in [0.25, 0.3) is 0 Å². The zero-order valence-electron chi connectivity index (χ0n) is 23.0. The number of rotatable bonds is 4. The molecular formula is C33H33N5O2. The summed E-state index contributed by atoms with van der Waals surface area (Å²) in [5.41, 5.74) is 12.9. The minimum absolute atomic E-state index is 0.246. The Morgan fingerprint density at radius 1 is 0.950 bits per heavy atom. The van der Waals surface area contributed by atoms with Gasteiger partial charge < -0.3 is 15.4 Å². The van der Waals surface area contributed by atoms with Crippen LogP contribution in [0.5, 0.6) is 0 Å². The molecule has 2 N–H and O–H groups in total. The minimum atomic E-state index is -0.500. The van der Waals surface area contributed by atoms with E-state index >= 15 is 0 Å². The van der Waals surface area contributed by atoms with Crippen molar-refractivity contribution in [3.05, 3.63) is 96.7 Å². The van der Waals surface area contributed by atoms with E-state index in [1.165, 1.54) is 5.56 Å². The number of fused-ring (bicyclic) bond motifs is 1. The first kappa shape index (κ1) is 25.6. The maximum absolute atomic E-state index is 12.6. The number of benzene rings is 3. The van der Waals surface area contributed by atoms with Gasteiger partial charge in [-0.15, -0.1) is 0 Å². The monoisotopic (exact) mass is 531 g/mol. The summed E-state index contributed by atoms with van der Waals surface area (Å²) < 4.78 is 7.74. The SMILES string of the molecule is CC(C)(C)OC(=O)N1CCC(c2ccc(-n3c(-c4cccnc4N)nc4ccc(-c5ccccc5)cc43)cc2)C1. The fraction of sp³-hybridized carbons (Fsp3) is 0.242. The van der Waals surface area contributed by atoms with E-state index in [2.05, 4.69) is 64.1 Å². The maximum Gasteiger partial charge on any atom is 0.410 e. The molecule has 1 unspecified atom stereocenters. The number of nitrogen functional groups attached to an aromatic ring is 1. The van der Waals surface area contributed by atoms with Crippen molar-refractivity contribution >= 4 is 22.9 Å². The quantitative estimate of drug-likeness (QED) is 0.268. The van der Waals surface area contributed by atoms with Gasteiger partial charge in [0.15, 0.2) is 0 Å². The second kappa shape index (κ2) is 10.2. The van der Waals surface area contributed by atoms with Crippen LogP contribution in [-0.2, 0) is 4.74 Å². The number of carbonyl (C=O) groups is 1. The molecule has 202 valence electrons. The molecule has 1 aliphatic rings. The molecule has 0 spiro atoms. The van der Waals surface area contributed by atoms with Crippen molar-refractivity contribution in [2.24, 2.45) is 0 Å². The van der Waals surface area contributed by atoms with Crippen LogP contribution in [0.1, 0.15) is 38.7 Å². The number of aromatic nitrogens is 3. The van der Waals surface area contributed by atoms with Crippen LogP contribution < -0.4 is 5.73 Å². The Bertz CT molecular complexity index is 1670. The highest BCUT2D eigenvalue weighted by Gasteiger charge is 2.30. The molecule has 6 rings (SSSR count). The lowest BCUT2D eigenvalue weighted by Gasteiger charge is -2.24. The molecule has 1 amide bonds. The molecule has 3 heterocycles. The predicted molar refractivity (Wildman–Crippen MR) is 159 cm³/mol. The molecule has 0 saturated carbocycles. The predicted octanol–water partition coefficient (Wildman–Crippen LogP) is 7.06. The number of imidazole rings is 1. The highest BCUT2D eigenvalue weighted by Crippen LogP contribution is 2.35. The summed E-state index contributed by atoms with van der Waals surface area (Å²) in [6.07, 6.45) is 2.35. The molecule has 7 heteroatoms. The Morgan fingerprint density at radius 3 is 2.45 bits per heavy atom. The number of anilines is 1. The fourth-order valence-corrected chi connectivity index (χ4v) is 5.35. The van der Waals surface area contributed by atoms with Gasteiger partial charge in [-0.3, -0.25) is 4.57 Å². The lowest BCUT2D eigenvalue weighted by molar-refractivity contribution is 0.0292. The summed E-state index contributed by atoms with van der Waals surface area (Å²) in [4.78, 5) is 23.7. The molecule has 0 aliphatic carbocycles. The average Bonchev–Trinajstić information content (AvgIpc) is 3.58. The first-order chi connectivity index (χ1) is 19.3. The minimum Gasteiger partial charge on any atom is -0.444 e. The summed E-state index contributed by atoms with van der Waals surface area (Å²) in [5, 5.41) is 0. The maximum atomic E-state index is 12.6. The lowest BCUT2D eigenvalue weighted by Crippen LogP contribution is -2.35. The molecular weight excluding hydrogens is 498 g/mol. The summed E-state index contributed by atoms with van der Waals surface area (Å²) in [7, 11) is 0. The van der Waals surface area contributed by atoms with Crippen LogP contribution in [0.25, 0.3) is 39.2 Å². The topological polar surface area (TPSA) is 86.3 Å². The van der Waals surface area contributed by atoms with Gasteiger partial charge in [-0.1, -0.05) is 48.5 Å². The number of amides is 1. The van der Waals surface area contributed by atoms with Crippen LogP contribution in [0, 0.1) is 0 Å². The summed E-state index contributed by atoms with van der Waals surface area (Å²) in [6, 6.07) is 29.1. The van der Waals surface area contributed by atoms with Gasteiger partial charge in [0, 0.05) is 30.9 Å². The second-order valence-electron chi connectivity index (χ2n) is 11.3. The molecule has 1 fully saturated rings. The largest absolute Gasteiger partial charge is 0.444 e. The van der Waals surface area contributed by atoms with E-state index in [1.54, 1.807) is 6.20 Å². The van der Waals surface area contributed by atoms with Crippen molar-refractivity contribution in [3.63, 3.8) is 0 Å². The van der Waals surface area contributed by atoms with Crippen LogP contribution in [0.15, 0.2) is 91.1 Å². The Kier molecular flexibility index (Phi) is 6.50. The van der Waals surface area contributed by atoms with Crippen molar-refractivity contribution in [3.8, 4) is 28.2 Å². The number of hydrogen-bond acceptors (Lipinski definition) is 5. The van der Waals surface area contributed by atoms with Gasteiger partial charge in [-0.25, -0.2) is 14.8 Å². The van der Waals surface area contributed by atoms with E-state index in [1.807, 2.05) is 56.0 Å². The number of ether oxygens (including phenoxy) is 1. The Labute approximate surface area is 234 Å². The van der Waals surface area contributed by atoms with E-state index in [0.717, 1.165) is 45.7 Å². The zero-order valence-corrected chi connectivity index (χ0v) is 23.0. The van der Waals surface area contributed by atoms with E-state index in [0.29, 0.717) is 18.9 Å². The standard InChI is InChI=1S/C33H33N5O2/c1-33(2,3)40-32(39)37-19-17-25(21-37)23-11-14-26(15-12-23)38-29-20-24(22-8-5-4-6-9-22)13-16-28(29)36-31(38)27-10-7-18-35-30(27)34/h4-16,18,20,25H,17,19,21H2,1-3H3,(H2,34,35). The second-order valence-corrected chi connectivity index (χ2v) is 11.3. The lowest BCUT2D eigenvalue weighted by atomic mass is 9.98. The van der Waals surface area contributed by atoms with Crippen LogP contribution >= 0.6 is 0 Å². The number of pyridine rings is 1. The van der Waals surface area contributed by atoms with Gasteiger partial charge in [-0.05, 0) is 80.3 Å². The third-order valence-electron chi connectivity index (χ3n) is 7.30. The molecule has 1 atom stereocenters. The van der Waals surface area contributed by atoms with Gasteiger partial charge in [-0.2, -0.15) is 0 Å². The van der Waals surface area contributed by atoms with Crippen LogP contribution in [0.4, 0.5) is 10.6 Å². The molecule has 40 heavy (non-hydrogen) atoms. The molecule has 7 nitrogen and oxygen atoms in total. The number of nitrogens with zero attached hydrogens (tertiary/aromatic N) is 4. The van der Waals surface area contributed by atoms with Crippen molar-refractivity contribution in [1.82, 2.24) is 19.4 Å². The van der Waals surface area contributed by atoms with E-state index in [4.69, 9.17) is 15.5 Å². The normalized spacial score (nSPS) is 15.5. The molecule has 3 aromatic carbocycles. The van der Waals surface area contributed by atoms with E-state index in [-0.39, 0.29) is 12.0 Å². The molecule has 1 saturated heterocycles. The van der Waals surface area contributed by atoms with Gasteiger partial charge >= 0.3 is 6.09 Å². The molecule has 0 radical (unpaired) electrons. The summed E-state index contributed by atoms with van der Waals surface area (Å²) in [5.74, 6) is 1.45. The molecule has 1 aliphatic heterocycles. The highest BCUT2D eigenvalue weighted by atomic mass is 16.6. The van der Waals surface area contributed by atoms with Crippen molar-refractivity contribution in [2.45, 2.75) is 38.7 Å². The van der Waals surface area contributed by atoms with Crippen molar-refractivity contribution in [2.75, 3.05) is 18.8 Å². The zero-order chi connectivity index (χ0) is 27.9. The smallest absolute Gasteiger partial charge is 0.410 e. The summed E-state index contributed by atoms with van der Waals surface area (Å²) >= 11 is 0. The number of hydrogen-bond donors (Lipinski definition) is 1. The van der Waals surface area contributed by atoms with Crippen molar-refractivity contribution in [1.29, 1.82) is 0 Å². The Hall–Kier alpha value is -4.65. The number of carbonyl (C=O) groups excluding carboxylic acids is 1. The summed E-state index contributed by atoms with van der Waals surface area (Å²) in [6.45, 7) is 7.04. The Morgan fingerprint density at radius 2 is 1.73 bits per heavy atom. The van der Waals surface area contributed by atoms with Crippen molar-refractivity contribution < 1.29 is 9.53 Å². The molecule has 5 aromatic rings. The molecule has 0 bridgehead atoms. The van der Waals surface area contributed by atoms with Gasteiger partial charge in [0.1, 0.15) is 17.2 Å². The Balaban J connectivity index is 1.37. The van der Waals surface area contributed by atoms with Gasteiger partial charge in [0.2, 0.25) is 0 Å². The first-order valence-electron chi connectivity index (χ1n) is 13.6. The van der Waals surface area contributed by atoms with E-state index in [9.17, 15) is 4.79 Å². The van der Waals surface area contributed by atoms with Gasteiger partial charge in [0.05, 0.1) is 16.6 Å². The highest BCUT2D eigenvalue weighted by molar-refractivity contribution is 5.88. The third-order valence-corrected chi connectivity index (χ3v) is 7.30. The average molecular weight is 532 g/mol. The van der Waals surface area contributed by atoms with Crippen LogP contribution in [0.2, 0.25) is 0 Å².